The number of pyridine rings is 1. The van der Waals surface area contributed by atoms with E-state index < -0.39 is 0 Å². The van der Waals surface area contributed by atoms with Gasteiger partial charge in [-0.1, -0.05) is 17.3 Å². The van der Waals surface area contributed by atoms with Crippen molar-refractivity contribution < 1.29 is 9.32 Å². The van der Waals surface area contributed by atoms with Gasteiger partial charge in [-0.25, -0.2) is 0 Å². The minimum Gasteiger partial charge on any atom is -0.347 e. The van der Waals surface area contributed by atoms with Crippen LogP contribution in [0.3, 0.4) is 0 Å². The van der Waals surface area contributed by atoms with Crippen LogP contribution < -0.4 is 10.9 Å². The number of carbonyl (C=O) groups excluding carboxylic acids is 1. The lowest BCUT2D eigenvalue weighted by Gasteiger charge is -2.16. The van der Waals surface area contributed by atoms with Gasteiger partial charge in [0.2, 0.25) is 17.6 Å². The van der Waals surface area contributed by atoms with Crippen molar-refractivity contribution in [2.45, 2.75) is 19.4 Å². The van der Waals surface area contributed by atoms with Crippen molar-refractivity contribution in [1.82, 2.24) is 20.4 Å². The molecule has 0 spiro atoms. The zero-order chi connectivity index (χ0) is 15.8. The molecule has 1 amide bonds. The third-order valence-electron chi connectivity index (χ3n) is 4.56. The molecule has 2 aliphatic rings. The number of rotatable bonds is 4. The van der Waals surface area contributed by atoms with Gasteiger partial charge in [0.15, 0.2) is 0 Å². The van der Waals surface area contributed by atoms with Gasteiger partial charge in [0.1, 0.15) is 0 Å². The van der Waals surface area contributed by atoms with E-state index in [9.17, 15) is 9.59 Å². The highest BCUT2D eigenvalue weighted by atomic mass is 16.5. The van der Waals surface area contributed by atoms with Crippen molar-refractivity contribution in [2.75, 3.05) is 0 Å². The summed E-state index contributed by atoms with van der Waals surface area (Å²) in [6.07, 6.45) is 7.89. The maximum Gasteiger partial charge on any atom is 0.259 e. The monoisotopic (exact) mass is 312 g/mol. The van der Waals surface area contributed by atoms with E-state index in [1.165, 1.54) is 6.20 Å². The fourth-order valence-corrected chi connectivity index (χ4v) is 3.41. The lowest BCUT2D eigenvalue weighted by molar-refractivity contribution is -0.126. The Morgan fingerprint density at radius 2 is 2.30 bits per heavy atom. The summed E-state index contributed by atoms with van der Waals surface area (Å²) in [5.74, 6) is 1.49. The molecular formula is C16H16N4O3. The molecule has 2 N–H and O–H groups in total. The molecular weight excluding hydrogens is 296 g/mol. The van der Waals surface area contributed by atoms with Gasteiger partial charge in [0, 0.05) is 12.1 Å². The molecule has 2 aromatic rings. The first-order valence-electron chi connectivity index (χ1n) is 7.67. The smallest absolute Gasteiger partial charge is 0.259 e. The summed E-state index contributed by atoms with van der Waals surface area (Å²) in [6.45, 7) is 0.175. The molecule has 118 valence electrons. The van der Waals surface area contributed by atoms with E-state index in [0.717, 1.165) is 12.8 Å². The SMILES string of the molecule is O=C(NCc1nc(-c2ccc[nH]c2=O)no1)C1CC2C=CC1C2. The molecule has 0 aliphatic heterocycles. The van der Waals surface area contributed by atoms with Crippen molar-refractivity contribution >= 4 is 5.91 Å². The molecule has 23 heavy (non-hydrogen) atoms. The molecule has 2 aromatic heterocycles. The van der Waals surface area contributed by atoms with E-state index in [2.05, 4.69) is 32.6 Å². The van der Waals surface area contributed by atoms with E-state index in [1.54, 1.807) is 12.1 Å². The standard InChI is InChI=1S/C16H16N4O3/c21-15-11(2-1-5-17-15)14-19-13(23-20-14)8-18-16(22)12-7-9-3-4-10(12)6-9/h1-5,9-10,12H,6-8H2,(H,17,21)(H,18,22). The number of nitrogens with one attached hydrogen (secondary N) is 2. The third kappa shape index (κ3) is 2.58. The predicted molar refractivity (Wildman–Crippen MR) is 81.0 cm³/mol. The number of amides is 1. The van der Waals surface area contributed by atoms with Crippen LogP contribution in [0, 0.1) is 17.8 Å². The summed E-state index contributed by atoms with van der Waals surface area (Å²) in [5.41, 5.74) is 0.0599. The van der Waals surface area contributed by atoms with Crippen LogP contribution in [-0.4, -0.2) is 21.0 Å². The summed E-state index contributed by atoms with van der Waals surface area (Å²) in [4.78, 5) is 30.7. The average molecular weight is 312 g/mol. The van der Waals surface area contributed by atoms with E-state index in [-0.39, 0.29) is 35.6 Å². The van der Waals surface area contributed by atoms with Gasteiger partial charge in [-0.05, 0) is 36.8 Å². The van der Waals surface area contributed by atoms with Crippen LogP contribution in [0.4, 0.5) is 0 Å². The Hall–Kier alpha value is -2.70. The molecule has 2 aliphatic carbocycles. The van der Waals surface area contributed by atoms with E-state index in [1.807, 2.05) is 0 Å². The van der Waals surface area contributed by atoms with Gasteiger partial charge in [0.05, 0.1) is 12.1 Å². The first kappa shape index (κ1) is 13.9. The number of carbonyl (C=O) groups is 1. The minimum absolute atomic E-state index is 0.0270. The zero-order valence-electron chi connectivity index (χ0n) is 12.4. The fourth-order valence-electron chi connectivity index (χ4n) is 3.41. The predicted octanol–water partition coefficient (Wildman–Crippen LogP) is 1.25. The highest BCUT2D eigenvalue weighted by molar-refractivity contribution is 5.79. The number of hydrogen-bond donors (Lipinski definition) is 2. The Kier molecular flexibility index (Phi) is 3.33. The summed E-state index contributed by atoms with van der Waals surface area (Å²) in [5, 5.41) is 6.64. The molecule has 2 bridgehead atoms. The Morgan fingerprint density at radius 1 is 1.39 bits per heavy atom. The number of nitrogens with zero attached hydrogens (tertiary/aromatic N) is 2. The Balaban J connectivity index is 1.41. The highest BCUT2D eigenvalue weighted by Crippen LogP contribution is 2.43. The molecule has 7 nitrogen and oxygen atoms in total. The molecule has 7 heteroatoms. The van der Waals surface area contributed by atoms with Crippen molar-refractivity contribution in [3.63, 3.8) is 0 Å². The number of allylic oxidation sites excluding steroid dienone is 2. The lowest BCUT2D eigenvalue weighted by Crippen LogP contribution is -2.32. The molecule has 0 saturated heterocycles. The Morgan fingerprint density at radius 3 is 3.04 bits per heavy atom. The van der Waals surface area contributed by atoms with E-state index in [0.29, 0.717) is 17.4 Å². The minimum atomic E-state index is -0.280. The Bertz CT molecular complexity index is 822. The van der Waals surface area contributed by atoms with Crippen LogP contribution in [0.1, 0.15) is 18.7 Å². The number of hydrogen-bond acceptors (Lipinski definition) is 5. The molecule has 2 heterocycles. The summed E-state index contributed by atoms with van der Waals surface area (Å²) in [7, 11) is 0. The first-order valence-corrected chi connectivity index (χ1v) is 7.67. The molecule has 1 saturated carbocycles. The van der Waals surface area contributed by atoms with Crippen molar-refractivity contribution in [3.8, 4) is 11.4 Å². The average Bonchev–Trinajstić information content (AvgIpc) is 3.29. The van der Waals surface area contributed by atoms with E-state index in [4.69, 9.17) is 4.52 Å². The summed E-state index contributed by atoms with van der Waals surface area (Å²) < 4.78 is 5.11. The second kappa shape index (κ2) is 5.49. The Labute approximate surface area is 131 Å². The van der Waals surface area contributed by atoms with E-state index >= 15 is 0 Å². The number of fused-ring (bicyclic) bond motifs is 2. The van der Waals surface area contributed by atoms with Gasteiger partial charge < -0.3 is 14.8 Å². The van der Waals surface area contributed by atoms with Crippen molar-refractivity contribution in [1.29, 1.82) is 0 Å². The molecule has 0 aromatic carbocycles. The van der Waals surface area contributed by atoms with Gasteiger partial charge >= 0.3 is 0 Å². The second-order valence-corrected chi connectivity index (χ2v) is 6.03. The molecule has 3 atom stereocenters. The van der Waals surface area contributed by atoms with Crippen LogP contribution in [0.5, 0.6) is 0 Å². The molecule has 0 radical (unpaired) electrons. The maximum absolute atomic E-state index is 12.2. The lowest BCUT2D eigenvalue weighted by atomic mass is 9.93. The number of aromatic amines is 1. The quantitative estimate of drug-likeness (QED) is 0.828. The molecule has 1 fully saturated rings. The van der Waals surface area contributed by atoms with Crippen molar-refractivity contribution in [3.05, 3.63) is 46.7 Å². The topological polar surface area (TPSA) is 101 Å². The summed E-state index contributed by atoms with van der Waals surface area (Å²) >= 11 is 0. The number of aromatic nitrogens is 3. The van der Waals surface area contributed by atoms with Gasteiger partial charge in [0.25, 0.3) is 5.56 Å². The largest absolute Gasteiger partial charge is 0.347 e. The van der Waals surface area contributed by atoms with Crippen LogP contribution in [0.15, 0.2) is 39.8 Å². The van der Waals surface area contributed by atoms with Crippen molar-refractivity contribution in [2.24, 2.45) is 17.8 Å². The first-order chi connectivity index (χ1) is 11.2. The number of H-pyrrole nitrogens is 1. The molecule has 3 unspecified atom stereocenters. The zero-order valence-corrected chi connectivity index (χ0v) is 12.4. The highest BCUT2D eigenvalue weighted by Gasteiger charge is 2.39. The fraction of sp³-hybridized carbons (Fsp3) is 0.375. The molecule has 4 rings (SSSR count). The van der Waals surface area contributed by atoms with Gasteiger partial charge in [-0.3, -0.25) is 9.59 Å². The normalized spacial score (nSPS) is 25.0. The maximum atomic E-state index is 12.2. The third-order valence-corrected chi connectivity index (χ3v) is 4.56. The van der Waals surface area contributed by atoms with Crippen LogP contribution in [-0.2, 0) is 11.3 Å². The van der Waals surface area contributed by atoms with Gasteiger partial charge in [-0.15, -0.1) is 0 Å². The van der Waals surface area contributed by atoms with Crippen LogP contribution in [0.2, 0.25) is 0 Å². The van der Waals surface area contributed by atoms with Crippen LogP contribution >= 0.6 is 0 Å². The van der Waals surface area contributed by atoms with Crippen LogP contribution in [0.25, 0.3) is 11.4 Å². The van der Waals surface area contributed by atoms with Gasteiger partial charge in [-0.2, -0.15) is 4.98 Å². The summed E-state index contributed by atoms with van der Waals surface area (Å²) in [6, 6.07) is 3.31. The second-order valence-electron chi connectivity index (χ2n) is 6.03.